The van der Waals surface area contributed by atoms with E-state index in [1.807, 2.05) is 13.0 Å². The van der Waals surface area contributed by atoms with Gasteiger partial charge in [0.25, 0.3) is 0 Å². The van der Waals surface area contributed by atoms with Gasteiger partial charge in [0.2, 0.25) is 0 Å². The number of fused-ring (bicyclic) bond motifs is 1. The van der Waals surface area contributed by atoms with Crippen LogP contribution in [0.2, 0.25) is 0 Å². The first-order chi connectivity index (χ1) is 11.8. The number of phenolic OH excluding ortho intramolecular Hbond substituents is 1. The van der Waals surface area contributed by atoms with Gasteiger partial charge in [-0.15, -0.1) is 11.3 Å². The van der Waals surface area contributed by atoms with Crippen LogP contribution in [0, 0.1) is 6.92 Å². The number of nitrogens with one attached hydrogen (secondary N) is 2. The normalized spacial score (nSPS) is 27.2. The van der Waals surface area contributed by atoms with Gasteiger partial charge in [-0.2, -0.15) is 0 Å². The molecule has 0 bridgehead atoms. The number of ether oxygens (including phenoxy) is 1. The van der Waals surface area contributed by atoms with Crippen molar-refractivity contribution < 1.29 is 9.84 Å². The molecule has 6 heteroatoms. The Bertz CT molecular complexity index is 832. The fraction of sp³-hybridized carbons (Fsp3) is 0.421. The highest BCUT2D eigenvalue weighted by atomic mass is 32.1. The van der Waals surface area contributed by atoms with Crippen molar-refractivity contribution in [1.82, 2.24) is 10.6 Å². The van der Waals surface area contributed by atoms with E-state index in [1.54, 1.807) is 17.4 Å². The van der Waals surface area contributed by atoms with Gasteiger partial charge in [0.05, 0.1) is 0 Å². The number of benzene rings is 1. The van der Waals surface area contributed by atoms with E-state index < -0.39 is 5.72 Å². The molecule has 2 aliphatic rings. The number of rotatable bonds is 1. The lowest BCUT2D eigenvalue weighted by molar-refractivity contribution is -0.0127. The number of phenols is 1. The first-order valence-electron chi connectivity index (χ1n) is 8.43. The molecular formula is C19H22N2O2S2. The van der Waals surface area contributed by atoms with Crippen LogP contribution >= 0.6 is 23.6 Å². The van der Waals surface area contributed by atoms with Gasteiger partial charge in [-0.1, -0.05) is 6.07 Å². The minimum absolute atomic E-state index is 0.161. The van der Waals surface area contributed by atoms with Crippen LogP contribution in [0.25, 0.3) is 0 Å². The summed E-state index contributed by atoms with van der Waals surface area (Å²) in [5, 5.41) is 19.5. The summed E-state index contributed by atoms with van der Waals surface area (Å²) in [4.78, 5) is 1.31. The van der Waals surface area contributed by atoms with Gasteiger partial charge in [0.15, 0.2) is 10.8 Å². The lowest BCUT2D eigenvalue weighted by atomic mass is 9.78. The van der Waals surface area contributed by atoms with E-state index in [2.05, 4.69) is 42.0 Å². The summed E-state index contributed by atoms with van der Waals surface area (Å²) in [6, 6.07) is 7.80. The van der Waals surface area contributed by atoms with Crippen LogP contribution < -0.4 is 15.4 Å². The van der Waals surface area contributed by atoms with Crippen molar-refractivity contribution >= 4 is 28.7 Å². The zero-order valence-corrected chi connectivity index (χ0v) is 16.2. The molecule has 132 valence electrons. The molecule has 1 saturated heterocycles. The summed E-state index contributed by atoms with van der Waals surface area (Å²) in [5.74, 6) is 1.19. The Morgan fingerprint density at radius 2 is 2.12 bits per heavy atom. The topological polar surface area (TPSA) is 53.5 Å². The Labute approximate surface area is 157 Å². The fourth-order valence-electron chi connectivity index (χ4n) is 4.23. The van der Waals surface area contributed by atoms with E-state index >= 15 is 0 Å². The van der Waals surface area contributed by atoms with Crippen molar-refractivity contribution in [3.05, 3.63) is 45.6 Å². The SMILES string of the molecule is Cc1cc(O)cc2c1C(c1cccs1)CC1(CC(C)(C)NC(=S)N1)O2. The fourth-order valence-corrected chi connectivity index (χ4v) is 5.53. The first-order valence-corrected chi connectivity index (χ1v) is 9.72. The third-order valence-corrected chi connectivity index (χ3v) is 6.12. The molecule has 4 nitrogen and oxygen atoms in total. The highest BCUT2D eigenvalue weighted by Gasteiger charge is 2.49. The number of hydrogen-bond acceptors (Lipinski definition) is 4. The summed E-state index contributed by atoms with van der Waals surface area (Å²) in [6.07, 6.45) is 1.58. The van der Waals surface area contributed by atoms with Crippen LogP contribution in [-0.2, 0) is 0 Å². The predicted octanol–water partition coefficient (Wildman–Crippen LogP) is 4.02. The highest BCUT2D eigenvalue weighted by Crippen LogP contribution is 2.49. The van der Waals surface area contributed by atoms with E-state index in [0.717, 1.165) is 29.7 Å². The van der Waals surface area contributed by atoms with Crippen LogP contribution in [0.1, 0.15) is 48.6 Å². The Kier molecular flexibility index (Phi) is 3.74. The van der Waals surface area contributed by atoms with Crippen molar-refractivity contribution in [3.8, 4) is 11.5 Å². The van der Waals surface area contributed by atoms with Gasteiger partial charge in [0.1, 0.15) is 11.5 Å². The lowest BCUT2D eigenvalue weighted by Gasteiger charge is -2.50. The second kappa shape index (κ2) is 5.61. The molecule has 3 N–H and O–H groups in total. The van der Waals surface area contributed by atoms with Gasteiger partial charge < -0.3 is 20.5 Å². The molecule has 2 unspecified atom stereocenters. The van der Waals surface area contributed by atoms with Crippen molar-refractivity contribution in [2.75, 3.05) is 0 Å². The average Bonchev–Trinajstić information content (AvgIpc) is 2.96. The molecule has 2 aliphatic heterocycles. The standard InChI is InChI=1S/C19H22N2O2S2/c1-11-7-12(22)8-14-16(11)13(15-5-4-6-25-15)9-19(23-14)10-18(2,3)20-17(24)21-19/h4-8,13,22H,9-10H2,1-3H3,(H2,20,21,24). The molecular weight excluding hydrogens is 352 g/mol. The van der Waals surface area contributed by atoms with Gasteiger partial charge in [-0.05, 0) is 56.1 Å². The average molecular weight is 375 g/mol. The second-order valence-electron chi connectivity index (χ2n) is 7.68. The zero-order valence-electron chi connectivity index (χ0n) is 14.6. The molecule has 4 rings (SSSR count). The summed E-state index contributed by atoms with van der Waals surface area (Å²) >= 11 is 7.21. The number of aromatic hydroxyl groups is 1. The van der Waals surface area contributed by atoms with Gasteiger partial charge in [0, 0.05) is 40.8 Å². The van der Waals surface area contributed by atoms with E-state index in [9.17, 15) is 5.11 Å². The van der Waals surface area contributed by atoms with Crippen LogP contribution in [-0.4, -0.2) is 21.5 Å². The van der Waals surface area contributed by atoms with E-state index in [-0.39, 0.29) is 17.2 Å². The summed E-state index contributed by atoms with van der Waals surface area (Å²) < 4.78 is 6.46. The van der Waals surface area contributed by atoms with Crippen molar-refractivity contribution in [2.24, 2.45) is 0 Å². The van der Waals surface area contributed by atoms with E-state index in [4.69, 9.17) is 17.0 Å². The van der Waals surface area contributed by atoms with Crippen molar-refractivity contribution in [1.29, 1.82) is 0 Å². The second-order valence-corrected chi connectivity index (χ2v) is 9.07. The molecule has 2 aromatic rings. The highest BCUT2D eigenvalue weighted by molar-refractivity contribution is 7.80. The largest absolute Gasteiger partial charge is 0.508 e. The maximum Gasteiger partial charge on any atom is 0.185 e. The van der Waals surface area contributed by atoms with Gasteiger partial charge in [-0.3, -0.25) is 0 Å². The van der Waals surface area contributed by atoms with Crippen LogP contribution in [0.5, 0.6) is 11.5 Å². The summed E-state index contributed by atoms with van der Waals surface area (Å²) in [6.45, 7) is 6.30. The molecule has 2 atom stereocenters. The molecule has 1 aromatic carbocycles. The lowest BCUT2D eigenvalue weighted by Crippen LogP contribution is -2.69. The molecule has 1 spiro atoms. The molecule has 0 aliphatic carbocycles. The third-order valence-electron chi connectivity index (χ3n) is 4.93. The minimum Gasteiger partial charge on any atom is -0.508 e. The molecule has 25 heavy (non-hydrogen) atoms. The quantitative estimate of drug-likeness (QED) is 0.658. The van der Waals surface area contributed by atoms with E-state index in [0.29, 0.717) is 5.11 Å². The smallest absolute Gasteiger partial charge is 0.185 e. The van der Waals surface area contributed by atoms with Gasteiger partial charge in [-0.25, -0.2) is 0 Å². The maximum atomic E-state index is 10.1. The number of aryl methyl sites for hydroxylation is 1. The Hall–Kier alpha value is -1.79. The van der Waals surface area contributed by atoms with Crippen LogP contribution in [0.4, 0.5) is 0 Å². The minimum atomic E-state index is -0.576. The van der Waals surface area contributed by atoms with E-state index in [1.165, 1.54) is 4.88 Å². The molecule has 0 amide bonds. The Balaban J connectivity index is 1.85. The van der Waals surface area contributed by atoms with Crippen molar-refractivity contribution in [3.63, 3.8) is 0 Å². The Morgan fingerprint density at radius 3 is 2.80 bits per heavy atom. The van der Waals surface area contributed by atoms with Crippen LogP contribution in [0.15, 0.2) is 29.6 Å². The van der Waals surface area contributed by atoms with Gasteiger partial charge >= 0.3 is 0 Å². The molecule has 1 aromatic heterocycles. The predicted molar refractivity (Wildman–Crippen MR) is 105 cm³/mol. The molecule has 3 heterocycles. The third kappa shape index (κ3) is 2.98. The summed E-state index contributed by atoms with van der Waals surface area (Å²) in [7, 11) is 0. The number of thiocarbonyl (C=S) groups is 1. The number of hydrogen-bond donors (Lipinski definition) is 3. The van der Waals surface area contributed by atoms with Crippen molar-refractivity contribution in [2.45, 2.75) is 50.8 Å². The zero-order chi connectivity index (χ0) is 17.8. The molecule has 1 fully saturated rings. The maximum absolute atomic E-state index is 10.1. The molecule has 0 radical (unpaired) electrons. The first kappa shape index (κ1) is 16.7. The number of thiophene rings is 1. The summed E-state index contributed by atoms with van der Waals surface area (Å²) in [5.41, 5.74) is 1.48. The molecule has 0 saturated carbocycles. The van der Waals surface area contributed by atoms with Crippen LogP contribution in [0.3, 0.4) is 0 Å². The monoisotopic (exact) mass is 374 g/mol. The Morgan fingerprint density at radius 1 is 1.32 bits per heavy atom.